The molecule has 0 bridgehead atoms. The van der Waals surface area contributed by atoms with Crippen molar-refractivity contribution in [3.63, 3.8) is 0 Å². The molecule has 0 spiro atoms. The van der Waals surface area contributed by atoms with Gasteiger partial charge in [-0.1, -0.05) is 0 Å². The van der Waals surface area contributed by atoms with Crippen LogP contribution in [0.4, 0.5) is 5.69 Å². The van der Waals surface area contributed by atoms with Crippen molar-refractivity contribution in [1.29, 1.82) is 0 Å². The van der Waals surface area contributed by atoms with Crippen molar-refractivity contribution in [2.45, 2.75) is 25.1 Å². The third-order valence-electron chi connectivity index (χ3n) is 3.38. The van der Waals surface area contributed by atoms with Crippen LogP contribution in [0.1, 0.15) is 6.42 Å². The average molecular weight is 288 g/mol. The molecule has 1 aromatic rings. The van der Waals surface area contributed by atoms with Gasteiger partial charge in [-0.05, 0) is 13.5 Å². The number of aromatic nitrogens is 2. The Morgan fingerprint density at radius 2 is 2.42 bits per heavy atom. The predicted octanol–water partition coefficient (Wildman–Crippen LogP) is -1.05. The molecule has 2 heterocycles. The number of anilines is 1. The van der Waals surface area contributed by atoms with Crippen LogP contribution in [0.25, 0.3) is 0 Å². The molecule has 0 amide bonds. The van der Waals surface area contributed by atoms with Crippen molar-refractivity contribution >= 4 is 15.5 Å². The molecule has 1 aliphatic rings. The van der Waals surface area contributed by atoms with Gasteiger partial charge in [-0.2, -0.15) is 5.10 Å². The molecule has 108 valence electrons. The van der Waals surface area contributed by atoms with Crippen LogP contribution in [0.5, 0.6) is 0 Å². The molecule has 19 heavy (non-hydrogen) atoms. The van der Waals surface area contributed by atoms with Gasteiger partial charge in [-0.25, -0.2) is 8.42 Å². The quantitative estimate of drug-likeness (QED) is 0.716. The molecule has 1 fully saturated rings. The van der Waals surface area contributed by atoms with E-state index in [9.17, 15) is 13.5 Å². The number of sulfone groups is 1. The monoisotopic (exact) mass is 288 g/mol. The van der Waals surface area contributed by atoms with Gasteiger partial charge in [0.15, 0.2) is 9.84 Å². The molecule has 1 aromatic heterocycles. The van der Waals surface area contributed by atoms with E-state index >= 15 is 0 Å². The van der Waals surface area contributed by atoms with Crippen LogP contribution in [0.2, 0.25) is 0 Å². The molecular formula is C11H20N4O3S. The summed E-state index contributed by atoms with van der Waals surface area (Å²) in [6.07, 6.45) is 3.22. The molecule has 0 saturated carbocycles. The van der Waals surface area contributed by atoms with E-state index in [1.54, 1.807) is 10.9 Å². The smallest absolute Gasteiger partial charge is 0.151 e. The van der Waals surface area contributed by atoms with E-state index in [1.807, 2.05) is 11.9 Å². The van der Waals surface area contributed by atoms with E-state index in [0.717, 1.165) is 0 Å². The second kappa shape index (κ2) is 5.48. The lowest BCUT2D eigenvalue weighted by Crippen LogP contribution is -2.39. The van der Waals surface area contributed by atoms with Gasteiger partial charge in [0.1, 0.15) is 0 Å². The van der Waals surface area contributed by atoms with Crippen LogP contribution in [-0.2, 0) is 16.4 Å². The van der Waals surface area contributed by atoms with Crippen LogP contribution in [0.15, 0.2) is 12.4 Å². The van der Waals surface area contributed by atoms with Crippen molar-refractivity contribution < 1.29 is 13.5 Å². The first kappa shape index (κ1) is 14.3. The third-order valence-corrected chi connectivity index (χ3v) is 5.13. The number of nitrogen functional groups attached to an aromatic ring is 1. The van der Waals surface area contributed by atoms with Gasteiger partial charge in [0, 0.05) is 18.8 Å². The van der Waals surface area contributed by atoms with Crippen LogP contribution in [0.3, 0.4) is 0 Å². The van der Waals surface area contributed by atoms with Crippen molar-refractivity contribution in [2.75, 3.05) is 30.8 Å². The van der Waals surface area contributed by atoms with E-state index in [2.05, 4.69) is 5.10 Å². The Morgan fingerprint density at radius 1 is 1.68 bits per heavy atom. The van der Waals surface area contributed by atoms with Gasteiger partial charge in [-0.3, -0.25) is 9.58 Å². The van der Waals surface area contributed by atoms with E-state index in [4.69, 9.17) is 5.73 Å². The number of rotatable bonds is 5. The molecule has 0 radical (unpaired) electrons. The summed E-state index contributed by atoms with van der Waals surface area (Å²) in [6.45, 7) is 0.765. The number of nitrogens with zero attached hydrogens (tertiary/aromatic N) is 3. The molecule has 8 heteroatoms. The molecule has 3 N–H and O–H groups in total. The first-order valence-corrected chi connectivity index (χ1v) is 8.04. The molecule has 1 aliphatic heterocycles. The van der Waals surface area contributed by atoms with Gasteiger partial charge in [-0.15, -0.1) is 0 Å². The summed E-state index contributed by atoms with van der Waals surface area (Å²) in [6, 6.07) is 0.00217. The van der Waals surface area contributed by atoms with E-state index in [-0.39, 0.29) is 17.5 Å². The first-order chi connectivity index (χ1) is 8.85. The summed E-state index contributed by atoms with van der Waals surface area (Å²) < 4.78 is 24.4. The van der Waals surface area contributed by atoms with Crippen LogP contribution in [-0.4, -0.2) is 65.4 Å². The van der Waals surface area contributed by atoms with Crippen LogP contribution >= 0.6 is 0 Å². The van der Waals surface area contributed by atoms with Gasteiger partial charge in [0.05, 0.1) is 36.0 Å². The number of hydrogen-bond donors (Lipinski definition) is 2. The lowest BCUT2D eigenvalue weighted by molar-refractivity contribution is 0.0923. The highest BCUT2D eigenvalue weighted by Crippen LogP contribution is 2.16. The Labute approximate surface area is 112 Å². The number of hydrogen-bond acceptors (Lipinski definition) is 6. The van der Waals surface area contributed by atoms with Crippen molar-refractivity contribution in [2.24, 2.45) is 0 Å². The number of aliphatic hydroxyl groups excluding tert-OH is 1. The Balaban J connectivity index is 1.83. The van der Waals surface area contributed by atoms with Crippen LogP contribution < -0.4 is 5.73 Å². The highest BCUT2D eigenvalue weighted by molar-refractivity contribution is 7.91. The summed E-state index contributed by atoms with van der Waals surface area (Å²) in [7, 11) is -1.05. The SMILES string of the molecule is CN(CC(O)Cn1cc(N)cn1)C1CCS(=O)(=O)C1. The van der Waals surface area contributed by atoms with Gasteiger partial charge >= 0.3 is 0 Å². The predicted molar refractivity (Wildman–Crippen MR) is 72.3 cm³/mol. The Kier molecular flexibility index (Phi) is 4.12. The molecule has 1 saturated heterocycles. The zero-order valence-electron chi connectivity index (χ0n) is 10.9. The Bertz CT molecular complexity index is 528. The minimum Gasteiger partial charge on any atom is -0.396 e. The van der Waals surface area contributed by atoms with Crippen LogP contribution in [0, 0.1) is 0 Å². The van der Waals surface area contributed by atoms with Gasteiger partial charge < -0.3 is 10.8 Å². The number of nitrogens with two attached hydrogens (primary N) is 1. The molecule has 2 unspecified atom stereocenters. The van der Waals surface area contributed by atoms with E-state index in [0.29, 0.717) is 25.2 Å². The topological polar surface area (TPSA) is 101 Å². The Morgan fingerprint density at radius 3 is 2.95 bits per heavy atom. The Hall–Kier alpha value is -1.12. The fourth-order valence-electron chi connectivity index (χ4n) is 2.36. The summed E-state index contributed by atoms with van der Waals surface area (Å²) in [5.74, 6) is 0.429. The lowest BCUT2D eigenvalue weighted by atomic mass is 10.2. The number of aliphatic hydroxyl groups is 1. The molecule has 2 rings (SSSR count). The highest BCUT2D eigenvalue weighted by atomic mass is 32.2. The largest absolute Gasteiger partial charge is 0.396 e. The summed E-state index contributed by atoms with van der Waals surface area (Å²) in [5.41, 5.74) is 6.10. The second-order valence-corrected chi connectivity index (χ2v) is 7.37. The average Bonchev–Trinajstić information content (AvgIpc) is 2.84. The van der Waals surface area contributed by atoms with Gasteiger partial charge in [0.2, 0.25) is 0 Å². The summed E-state index contributed by atoms with van der Waals surface area (Å²) in [5, 5.41) is 14.0. The maximum Gasteiger partial charge on any atom is 0.151 e. The van der Waals surface area contributed by atoms with E-state index in [1.165, 1.54) is 6.20 Å². The minimum absolute atomic E-state index is 0.00217. The normalized spacial score (nSPS) is 23.8. The van der Waals surface area contributed by atoms with Gasteiger partial charge in [0.25, 0.3) is 0 Å². The van der Waals surface area contributed by atoms with E-state index < -0.39 is 15.9 Å². The fraction of sp³-hybridized carbons (Fsp3) is 0.727. The fourth-order valence-corrected chi connectivity index (χ4v) is 4.16. The molecule has 7 nitrogen and oxygen atoms in total. The number of likely N-dealkylation sites (N-methyl/N-ethyl adjacent to an activating group) is 1. The summed E-state index contributed by atoms with van der Waals surface area (Å²) in [4.78, 5) is 1.90. The first-order valence-electron chi connectivity index (χ1n) is 6.22. The zero-order chi connectivity index (χ0) is 14.0. The third kappa shape index (κ3) is 3.92. The maximum atomic E-state index is 11.4. The second-order valence-electron chi connectivity index (χ2n) is 5.15. The maximum absolute atomic E-state index is 11.4. The zero-order valence-corrected chi connectivity index (χ0v) is 11.8. The van der Waals surface area contributed by atoms with Crippen molar-refractivity contribution in [3.05, 3.63) is 12.4 Å². The molecule has 2 atom stereocenters. The molecule has 0 aromatic carbocycles. The standard InChI is InChI=1S/C11H20N4O3S/c1-14(10-2-3-19(17,18)8-10)6-11(16)7-15-5-9(12)4-13-15/h4-5,10-11,16H,2-3,6-8,12H2,1H3. The van der Waals surface area contributed by atoms with Crippen molar-refractivity contribution in [3.8, 4) is 0 Å². The molecule has 0 aliphatic carbocycles. The minimum atomic E-state index is -2.89. The lowest BCUT2D eigenvalue weighted by Gasteiger charge is -2.25. The molecular weight excluding hydrogens is 268 g/mol. The highest BCUT2D eigenvalue weighted by Gasteiger charge is 2.31. The summed E-state index contributed by atoms with van der Waals surface area (Å²) >= 11 is 0. The van der Waals surface area contributed by atoms with Crippen molar-refractivity contribution in [1.82, 2.24) is 14.7 Å².